The standard InChI is InChI=1S/C21H27N5O/c1-21(2,3)25-13-8-19(9-14-25)26(20(27)18-5-4-10-23-16-18)24-15-17-6-11-22-12-7-17/h4-8,10-12,16,24H,9,13-15H2,1-3H3. The Morgan fingerprint density at radius 1 is 1.19 bits per heavy atom. The summed E-state index contributed by atoms with van der Waals surface area (Å²) in [5.74, 6) is -0.0902. The lowest BCUT2D eigenvalue weighted by atomic mass is 10.0. The highest BCUT2D eigenvalue weighted by Gasteiger charge is 2.27. The number of aromatic nitrogens is 2. The van der Waals surface area contributed by atoms with Crippen molar-refractivity contribution in [2.45, 2.75) is 39.3 Å². The molecule has 27 heavy (non-hydrogen) atoms. The molecule has 0 fully saturated rings. The van der Waals surface area contributed by atoms with E-state index in [1.165, 1.54) is 0 Å². The van der Waals surface area contributed by atoms with Crippen LogP contribution in [0.3, 0.4) is 0 Å². The van der Waals surface area contributed by atoms with Crippen LogP contribution in [-0.2, 0) is 6.54 Å². The van der Waals surface area contributed by atoms with Crippen LogP contribution >= 0.6 is 0 Å². The first-order chi connectivity index (χ1) is 12.9. The van der Waals surface area contributed by atoms with Crippen LogP contribution in [0.15, 0.2) is 60.8 Å². The summed E-state index contributed by atoms with van der Waals surface area (Å²) in [7, 11) is 0. The van der Waals surface area contributed by atoms with Gasteiger partial charge < -0.3 is 0 Å². The predicted octanol–water partition coefficient (Wildman–Crippen LogP) is 3.01. The number of carbonyl (C=O) groups is 1. The normalized spacial score (nSPS) is 15.3. The maximum atomic E-state index is 13.1. The maximum absolute atomic E-state index is 13.1. The number of nitrogens with one attached hydrogen (secondary N) is 1. The molecule has 6 heteroatoms. The van der Waals surface area contributed by atoms with E-state index in [1.807, 2.05) is 12.1 Å². The molecule has 0 unspecified atom stereocenters. The molecule has 0 saturated carbocycles. The SMILES string of the molecule is CC(C)(C)N1CC=C(N(NCc2ccncc2)C(=O)c2cccnc2)CC1. The zero-order valence-electron chi connectivity index (χ0n) is 16.2. The van der Waals surface area contributed by atoms with Gasteiger partial charge in [-0.05, 0) is 56.7 Å². The van der Waals surface area contributed by atoms with E-state index in [-0.39, 0.29) is 11.4 Å². The van der Waals surface area contributed by atoms with Crippen molar-refractivity contribution < 1.29 is 4.79 Å². The van der Waals surface area contributed by atoms with Crippen molar-refractivity contribution in [3.8, 4) is 0 Å². The fraction of sp³-hybridized carbons (Fsp3) is 0.381. The number of hydrogen-bond donors (Lipinski definition) is 1. The molecule has 0 aliphatic carbocycles. The predicted molar refractivity (Wildman–Crippen MR) is 106 cm³/mol. The third-order valence-corrected chi connectivity index (χ3v) is 4.72. The minimum atomic E-state index is -0.0902. The van der Waals surface area contributed by atoms with Crippen molar-refractivity contribution in [1.82, 2.24) is 25.3 Å². The lowest BCUT2D eigenvalue weighted by molar-refractivity contribution is 0.0692. The van der Waals surface area contributed by atoms with Gasteiger partial charge >= 0.3 is 0 Å². The molecule has 0 bridgehead atoms. The number of hydrazine groups is 1. The van der Waals surface area contributed by atoms with E-state index >= 15 is 0 Å². The summed E-state index contributed by atoms with van der Waals surface area (Å²) in [5.41, 5.74) is 6.05. The number of rotatable bonds is 5. The van der Waals surface area contributed by atoms with E-state index in [4.69, 9.17) is 0 Å². The number of carbonyl (C=O) groups excluding carboxylic acids is 1. The zero-order chi connectivity index (χ0) is 19.3. The maximum Gasteiger partial charge on any atom is 0.273 e. The molecule has 1 amide bonds. The summed E-state index contributed by atoms with van der Waals surface area (Å²) >= 11 is 0. The Morgan fingerprint density at radius 3 is 2.56 bits per heavy atom. The lowest BCUT2D eigenvalue weighted by Crippen LogP contribution is -2.48. The van der Waals surface area contributed by atoms with Gasteiger partial charge in [0.25, 0.3) is 5.91 Å². The van der Waals surface area contributed by atoms with Crippen LogP contribution in [0.5, 0.6) is 0 Å². The second-order valence-electron chi connectivity index (χ2n) is 7.63. The molecule has 6 nitrogen and oxygen atoms in total. The Kier molecular flexibility index (Phi) is 5.98. The van der Waals surface area contributed by atoms with Crippen molar-refractivity contribution in [3.63, 3.8) is 0 Å². The summed E-state index contributed by atoms with van der Waals surface area (Å²) in [6.45, 7) is 8.94. The Hall–Kier alpha value is -2.57. The molecule has 0 atom stereocenters. The number of hydrogen-bond acceptors (Lipinski definition) is 5. The fourth-order valence-electron chi connectivity index (χ4n) is 3.06. The summed E-state index contributed by atoms with van der Waals surface area (Å²) in [4.78, 5) is 23.6. The third-order valence-electron chi connectivity index (χ3n) is 4.72. The molecular formula is C21H27N5O. The van der Waals surface area contributed by atoms with Crippen LogP contribution in [0, 0.1) is 0 Å². The average molecular weight is 365 g/mol. The largest absolute Gasteiger partial charge is 0.294 e. The van der Waals surface area contributed by atoms with Crippen LogP contribution in [0.2, 0.25) is 0 Å². The van der Waals surface area contributed by atoms with Crippen LogP contribution in [0.4, 0.5) is 0 Å². The van der Waals surface area contributed by atoms with Crippen molar-refractivity contribution in [2.75, 3.05) is 13.1 Å². The average Bonchev–Trinajstić information content (AvgIpc) is 2.69. The molecule has 1 aliphatic rings. The van der Waals surface area contributed by atoms with E-state index in [1.54, 1.807) is 41.9 Å². The van der Waals surface area contributed by atoms with Crippen LogP contribution in [0.25, 0.3) is 0 Å². The van der Waals surface area contributed by atoms with E-state index < -0.39 is 0 Å². The minimum absolute atomic E-state index is 0.0902. The van der Waals surface area contributed by atoms with Gasteiger partial charge in [-0.25, -0.2) is 10.4 Å². The summed E-state index contributed by atoms with van der Waals surface area (Å²) in [6, 6.07) is 7.46. The molecule has 0 aromatic carbocycles. The first-order valence-corrected chi connectivity index (χ1v) is 9.26. The van der Waals surface area contributed by atoms with E-state index in [9.17, 15) is 4.79 Å². The van der Waals surface area contributed by atoms with Gasteiger partial charge in [-0.1, -0.05) is 0 Å². The van der Waals surface area contributed by atoms with Gasteiger partial charge in [0.15, 0.2) is 0 Å². The highest BCUT2D eigenvalue weighted by molar-refractivity contribution is 5.94. The monoisotopic (exact) mass is 365 g/mol. The van der Waals surface area contributed by atoms with Gasteiger partial charge in [-0.3, -0.25) is 19.7 Å². The third kappa shape index (κ3) is 4.99. The van der Waals surface area contributed by atoms with E-state index in [0.717, 1.165) is 30.8 Å². The highest BCUT2D eigenvalue weighted by Crippen LogP contribution is 2.22. The molecule has 0 spiro atoms. The van der Waals surface area contributed by atoms with Gasteiger partial charge in [-0.2, -0.15) is 0 Å². The van der Waals surface area contributed by atoms with Crippen molar-refractivity contribution in [3.05, 3.63) is 72.0 Å². The molecule has 1 N–H and O–H groups in total. The molecule has 1 aliphatic heterocycles. The zero-order valence-corrected chi connectivity index (χ0v) is 16.2. The Morgan fingerprint density at radius 2 is 1.96 bits per heavy atom. The lowest BCUT2D eigenvalue weighted by Gasteiger charge is -2.39. The van der Waals surface area contributed by atoms with Gasteiger partial charge in [0, 0.05) is 62.1 Å². The molecule has 3 rings (SSSR count). The minimum Gasteiger partial charge on any atom is -0.294 e. The Bertz CT molecular complexity index is 783. The summed E-state index contributed by atoms with van der Waals surface area (Å²) in [5, 5.41) is 1.68. The quantitative estimate of drug-likeness (QED) is 0.826. The first kappa shape index (κ1) is 19.2. The van der Waals surface area contributed by atoms with Crippen LogP contribution < -0.4 is 5.43 Å². The van der Waals surface area contributed by atoms with E-state index in [0.29, 0.717) is 12.1 Å². The molecule has 0 radical (unpaired) electrons. The molecule has 2 aromatic rings. The summed E-state index contributed by atoms with van der Waals surface area (Å²) < 4.78 is 0. The van der Waals surface area contributed by atoms with E-state index in [2.05, 4.69) is 47.1 Å². The number of nitrogens with zero attached hydrogens (tertiary/aromatic N) is 4. The molecule has 0 saturated heterocycles. The second kappa shape index (κ2) is 8.41. The van der Waals surface area contributed by atoms with Gasteiger partial charge in [0.2, 0.25) is 0 Å². The fourth-order valence-corrected chi connectivity index (χ4v) is 3.06. The van der Waals surface area contributed by atoms with Crippen molar-refractivity contribution in [2.24, 2.45) is 0 Å². The topological polar surface area (TPSA) is 61.4 Å². The highest BCUT2D eigenvalue weighted by atomic mass is 16.2. The Labute approximate surface area is 160 Å². The molecular weight excluding hydrogens is 338 g/mol. The van der Waals surface area contributed by atoms with Crippen LogP contribution in [-0.4, -0.2) is 44.4 Å². The Balaban J connectivity index is 1.79. The smallest absolute Gasteiger partial charge is 0.273 e. The first-order valence-electron chi connectivity index (χ1n) is 9.26. The number of pyridine rings is 2. The van der Waals surface area contributed by atoms with Crippen molar-refractivity contribution >= 4 is 5.91 Å². The van der Waals surface area contributed by atoms with Gasteiger partial charge in [0.05, 0.1) is 5.56 Å². The number of amides is 1. The molecule has 3 heterocycles. The molecule has 142 valence electrons. The second-order valence-corrected chi connectivity index (χ2v) is 7.63. The van der Waals surface area contributed by atoms with Gasteiger partial charge in [-0.15, -0.1) is 0 Å². The summed E-state index contributed by atoms with van der Waals surface area (Å²) in [6.07, 6.45) is 9.74. The van der Waals surface area contributed by atoms with Crippen molar-refractivity contribution in [1.29, 1.82) is 0 Å². The van der Waals surface area contributed by atoms with Crippen LogP contribution in [0.1, 0.15) is 43.1 Å². The van der Waals surface area contributed by atoms with Gasteiger partial charge in [0.1, 0.15) is 0 Å². The molecule has 2 aromatic heterocycles.